The van der Waals surface area contributed by atoms with Crippen molar-refractivity contribution in [3.63, 3.8) is 0 Å². The number of rotatable bonds is 13. The van der Waals surface area contributed by atoms with Crippen molar-refractivity contribution in [2.24, 2.45) is 5.73 Å². The van der Waals surface area contributed by atoms with Gasteiger partial charge in [0.25, 0.3) is 0 Å². The van der Waals surface area contributed by atoms with Crippen LogP contribution in [0.25, 0.3) is 0 Å². The second-order valence-electron chi connectivity index (χ2n) is 5.07. The fourth-order valence-corrected chi connectivity index (χ4v) is 2.06. The average Bonchev–Trinajstić information content (AvgIpc) is 2.43. The maximum Gasteiger partial charge on any atom is 0.217 e. The Bertz CT molecular complexity index is 250. The van der Waals surface area contributed by atoms with E-state index in [9.17, 15) is 13.6 Å². The molecule has 1 unspecified atom stereocenters. The molecule has 1 amide bonds. The van der Waals surface area contributed by atoms with Crippen LogP contribution >= 0.6 is 0 Å². The number of hydrogen-bond donors (Lipinski definition) is 1. The molecule has 128 valence electrons. The number of carbonyl (C=O) groups is 1. The fourth-order valence-electron chi connectivity index (χ4n) is 1.76. The summed E-state index contributed by atoms with van der Waals surface area (Å²) < 4.78 is 23.2. The molecule has 0 saturated heterocycles. The highest BCUT2D eigenvalue weighted by molar-refractivity contribution is 7.74. The normalized spacial score (nSPS) is 11.6. The molecule has 1 atom stereocenters. The van der Waals surface area contributed by atoms with Gasteiger partial charge < -0.3 is 14.5 Å². The molecular formula is C15H32NO4S-. The van der Waals surface area contributed by atoms with Gasteiger partial charge in [0.2, 0.25) is 5.91 Å². The lowest BCUT2D eigenvalue weighted by molar-refractivity contribution is -0.118. The minimum absolute atomic E-state index is 0.159. The monoisotopic (exact) mass is 322 g/mol. The third-order valence-corrected chi connectivity index (χ3v) is 3.27. The maximum atomic E-state index is 10.4. The number of primary amides is 1. The zero-order valence-electron chi connectivity index (χ0n) is 13.6. The largest absolute Gasteiger partial charge is 0.750 e. The highest BCUT2D eigenvalue weighted by Gasteiger charge is 1.94. The molecule has 0 aliphatic heterocycles. The molecule has 0 aliphatic carbocycles. The van der Waals surface area contributed by atoms with Crippen molar-refractivity contribution in [1.29, 1.82) is 0 Å². The van der Waals surface area contributed by atoms with Gasteiger partial charge in [0.15, 0.2) is 0 Å². The van der Waals surface area contributed by atoms with E-state index in [-0.39, 0.29) is 12.5 Å². The number of unbranched alkanes of at least 4 members (excludes halogenated alkanes) is 8. The Labute approximate surface area is 132 Å². The quantitative estimate of drug-likeness (QED) is 0.414. The molecule has 0 aromatic carbocycles. The Hall–Kier alpha value is -0.460. The van der Waals surface area contributed by atoms with Crippen molar-refractivity contribution in [1.82, 2.24) is 0 Å². The third kappa shape index (κ3) is 28.4. The zero-order valence-corrected chi connectivity index (χ0v) is 14.4. The second-order valence-corrected chi connectivity index (χ2v) is 5.71. The van der Waals surface area contributed by atoms with Crippen LogP contribution in [0.3, 0.4) is 0 Å². The molecule has 0 radical (unpaired) electrons. The van der Waals surface area contributed by atoms with Crippen molar-refractivity contribution >= 4 is 17.3 Å². The Kier molecular flexibility index (Phi) is 21.2. The molecule has 0 aliphatic rings. The lowest BCUT2D eigenvalue weighted by Crippen LogP contribution is -2.09. The van der Waals surface area contributed by atoms with Gasteiger partial charge in [-0.25, -0.2) is 4.21 Å². The van der Waals surface area contributed by atoms with E-state index in [0.29, 0.717) is 6.42 Å². The van der Waals surface area contributed by atoms with Gasteiger partial charge in [-0.05, 0) is 12.8 Å². The van der Waals surface area contributed by atoms with E-state index in [1.165, 1.54) is 44.9 Å². The van der Waals surface area contributed by atoms with Gasteiger partial charge in [0.1, 0.15) is 0 Å². The van der Waals surface area contributed by atoms with Crippen molar-refractivity contribution < 1.29 is 17.7 Å². The van der Waals surface area contributed by atoms with Gasteiger partial charge in [-0.15, -0.1) is 0 Å². The molecule has 2 N–H and O–H groups in total. The van der Waals surface area contributed by atoms with Gasteiger partial charge in [-0.2, -0.15) is 0 Å². The summed E-state index contributed by atoms with van der Waals surface area (Å²) in [5.41, 5.74) is 5.05. The SMILES string of the molecule is CCCCCCCCCCCC(N)=O.CCCOS(=O)[O-]. The van der Waals surface area contributed by atoms with E-state index in [0.717, 1.165) is 19.3 Å². The Morgan fingerprint density at radius 3 is 1.76 bits per heavy atom. The van der Waals surface area contributed by atoms with Gasteiger partial charge >= 0.3 is 0 Å². The molecule has 0 aromatic rings. The summed E-state index contributed by atoms with van der Waals surface area (Å²) in [5.74, 6) is -0.159. The molecule has 0 bridgehead atoms. The second kappa shape index (κ2) is 19.5. The van der Waals surface area contributed by atoms with Crippen LogP contribution < -0.4 is 5.73 Å². The molecule has 0 fully saturated rings. The van der Waals surface area contributed by atoms with E-state index in [1.807, 2.05) is 6.92 Å². The van der Waals surface area contributed by atoms with Crippen LogP contribution in [0.1, 0.15) is 84.5 Å². The first-order valence-electron chi connectivity index (χ1n) is 8.05. The molecule has 21 heavy (non-hydrogen) atoms. The summed E-state index contributed by atoms with van der Waals surface area (Å²) in [6.45, 7) is 4.37. The number of amides is 1. The minimum Gasteiger partial charge on any atom is -0.750 e. The zero-order chi connectivity index (χ0) is 16.3. The highest BCUT2D eigenvalue weighted by Crippen LogP contribution is 2.10. The first-order valence-corrected chi connectivity index (χ1v) is 9.05. The van der Waals surface area contributed by atoms with Crippen molar-refractivity contribution in [3.05, 3.63) is 0 Å². The topological polar surface area (TPSA) is 92.5 Å². The number of hydrogen-bond acceptors (Lipinski definition) is 4. The predicted octanol–water partition coefficient (Wildman–Crippen LogP) is 3.60. The van der Waals surface area contributed by atoms with Gasteiger partial charge in [-0.1, -0.05) is 65.2 Å². The standard InChI is InChI=1S/C12H25NO.C3H8O3S/c1-2-3-4-5-6-7-8-9-10-11-12(13)14;1-2-3-6-7(4)5/h2-11H2,1H3,(H2,13,14);2-3H2,1H3,(H,4,5)/p-1. The van der Waals surface area contributed by atoms with Crippen molar-refractivity contribution in [2.45, 2.75) is 84.5 Å². The van der Waals surface area contributed by atoms with Crippen LogP contribution in [0.4, 0.5) is 0 Å². The molecule has 5 nitrogen and oxygen atoms in total. The van der Waals surface area contributed by atoms with Crippen molar-refractivity contribution in [3.8, 4) is 0 Å². The summed E-state index contributed by atoms with van der Waals surface area (Å²) in [6.07, 6.45) is 12.8. The lowest BCUT2D eigenvalue weighted by Gasteiger charge is -2.01. The molecule has 0 spiro atoms. The highest BCUT2D eigenvalue weighted by atomic mass is 32.2. The van der Waals surface area contributed by atoms with Crippen LogP contribution in [0.15, 0.2) is 0 Å². The van der Waals surface area contributed by atoms with Crippen LogP contribution in [-0.4, -0.2) is 21.3 Å². The lowest BCUT2D eigenvalue weighted by atomic mass is 10.1. The molecule has 0 aromatic heterocycles. The summed E-state index contributed by atoms with van der Waals surface area (Å²) in [6, 6.07) is 0. The third-order valence-electron chi connectivity index (χ3n) is 2.91. The first kappa shape index (κ1) is 22.8. The van der Waals surface area contributed by atoms with E-state index in [2.05, 4.69) is 11.1 Å². The van der Waals surface area contributed by atoms with Crippen LogP contribution in [0.5, 0.6) is 0 Å². The average molecular weight is 322 g/mol. The van der Waals surface area contributed by atoms with Crippen molar-refractivity contribution in [2.75, 3.05) is 6.61 Å². The summed E-state index contributed by atoms with van der Waals surface area (Å²) in [5, 5.41) is 0. The molecule has 6 heteroatoms. The molecule has 0 saturated carbocycles. The maximum absolute atomic E-state index is 10.4. The smallest absolute Gasteiger partial charge is 0.217 e. The number of carbonyl (C=O) groups excluding carboxylic acids is 1. The van der Waals surface area contributed by atoms with E-state index in [1.54, 1.807) is 0 Å². The Balaban J connectivity index is 0. The van der Waals surface area contributed by atoms with Crippen LogP contribution in [0, 0.1) is 0 Å². The Morgan fingerprint density at radius 1 is 0.952 bits per heavy atom. The Morgan fingerprint density at radius 2 is 1.43 bits per heavy atom. The van der Waals surface area contributed by atoms with Gasteiger partial charge in [0, 0.05) is 6.42 Å². The summed E-state index contributed by atoms with van der Waals surface area (Å²) in [7, 11) is 0. The van der Waals surface area contributed by atoms with Gasteiger partial charge in [0.05, 0.1) is 18.0 Å². The predicted molar refractivity (Wildman–Crippen MR) is 86.2 cm³/mol. The summed E-state index contributed by atoms with van der Waals surface area (Å²) >= 11 is -2.32. The van der Waals surface area contributed by atoms with E-state index < -0.39 is 11.4 Å². The van der Waals surface area contributed by atoms with E-state index in [4.69, 9.17) is 5.73 Å². The fraction of sp³-hybridized carbons (Fsp3) is 0.933. The van der Waals surface area contributed by atoms with E-state index >= 15 is 0 Å². The summed E-state index contributed by atoms with van der Waals surface area (Å²) in [4.78, 5) is 10.4. The van der Waals surface area contributed by atoms with Gasteiger partial charge in [-0.3, -0.25) is 4.79 Å². The molecular weight excluding hydrogens is 290 g/mol. The first-order chi connectivity index (χ1) is 10.0. The minimum atomic E-state index is -2.32. The number of nitrogens with two attached hydrogens (primary N) is 1. The van der Waals surface area contributed by atoms with Crippen LogP contribution in [0.2, 0.25) is 0 Å². The van der Waals surface area contributed by atoms with Crippen LogP contribution in [-0.2, 0) is 20.3 Å². The molecule has 0 rings (SSSR count). The molecule has 0 heterocycles.